The molecule has 1 amide bonds. The Hall–Kier alpha value is -4.35. The summed E-state index contributed by atoms with van der Waals surface area (Å²) in [6.45, 7) is 0. The van der Waals surface area contributed by atoms with Gasteiger partial charge in [0.15, 0.2) is 28.9 Å². The van der Waals surface area contributed by atoms with Crippen LogP contribution in [0.15, 0.2) is 46.9 Å². The quantitative estimate of drug-likeness (QED) is 0.149. The van der Waals surface area contributed by atoms with Crippen molar-refractivity contribution in [2.45, 2.75) is 0 Å². The lowest BCUT2D eigenvalue weighted by Gasteiger charge is -2.04. The number of halogens is 5. The molecule has 0 fully saturated rings. The first-order valence-electron chi connectivity index (χ1n) is 8.65. The van der Waals surface area contributed by atoms with Gasteiger partial charge in [-0.15, -0.1) is 0 Å². The van der Waals surface area contributed by atoms with Crippen molar-refractivity contribution in [1.82, 2.24) is 4.98 Å². The summed E-state index contributed by atoms with van der Waals surface area (Å²) in [5.41, 5.74) is -1.33. The third-order valence-corrected chi connectivity index (χ3v) is 4.41. The summed E-state index contributed by atoms with van der Waals surface area (Å²) in [7, 11) is 0. The highest BCUT2D eigenvalue weighted by Crippen LogP contribution is 2.33. The van der Waals surface area contributed by atoms with Gasteiger partial charge in [-0.1, -0.05) is 0 Å². The first-order chi connectivity index (χ1) is 15.2. The molecule has 1 aromatic heterocycles. The SMILES string of the molecule is O=C(Nc1ccc2oc(-c3c(F)c(F)c(F)c(F)c3F)nc2c1)c1ccc([N+](=O)[O-])cc1. The summed E-state index contributed by atoms with van der Waals surface area (Å²) in [4.78, 5) is 26.1. The number of nitro benzene ring substituents is 1. The molecule has 0 aliphatic heterocycles. The first kappa shape index (κ1) is 20.9. The normalized spacial score (nSPS) is 11.0. The zero-order valence-corrected chi connectivity index (χ0v) is 15.5. The van der Waals surface area contributed by atoms with Crippen LogP contribution in [-0.4, -0.2) is 15.8 Å². The highest BCUT2D eigenvalue weighted by Gasteiger charge is 2.29. The molecule has 0 bridgehead atoms. The van der Waals surface area contributed by atoms with Crippen LogP contribution in [-0.2, 0) is 0 Å². The molecule has 0 saturated heterocycles. The zero-order valence-electron chi connectivity index (χ0n) is 15.5. The standard InChI is InChI=1S/C20H8F5N3O4/c21-14-13(15(22)17(24)18(25)16(14)23)20-27-11-7-9(3-6-12(11)32-20)26-19(29)8-1-4-10(5-2-8)28(30)31/h1-7H,(H,26,29). The van der Waals surface area contributed by atoms with Gasteiger partial charge >= 0.3 is 0 Å². The summed E-state index contributed by atoms with van der Waals surface area (Å²) in [5, 5.41) is 13.2. The molecule has 1 heterocycles. The number of carbonyl (C=O) groups excluding carboxylic acids is 1. The molecule has 0 unspecified atom stereocenters. The van der Waals surface area contributed by atoms with Crippen molar-refractivity contribution in [3.8, 4) is 11.5 Å². The molecule has 0 aliphatic rings. The number of carbonyl (C=O) groups is 1. The minimum absolute atomic E-state index is 0.0366. The van der Waals surface area contributed by atoms with Crippen LogP contribution in [0.25, 0.3) is 22.6 Å². The Morgan fingerprint density at radius 2 is 1.50 bits per heavy atom. The molecular weight excluding hydrogens is 441 g/mol. The molecule has 0 saturated carbocycles. The van der Waals surface area contributed by atoms with E-state index >= 15 is 0 Å². The van der Waals surface area contributed by atoms with E-state index in [9.17, 15) is 36.9 Å². The predicted octanol–water partition coefficient (Wildman–Crippen LogP) is 5.35. The van der Waals surface area contributed by atoms with Crippen LogP contribution in [0.3, 0.4) is 0 Å². The van der Waals surface area contributed by atoms with Crippen molar-refractivity contribution in [2.75, 3.05) is 5.32 Å². The van der Waals surface area contributed by atoms with Crippen molar-refractivity contribution in [1.29, 1.82) is 0 Å². The highest BCUT2D eigenvalue weighted by molar-refractivity contribution is 6.05. The Labute approximate surface area is 174 Å². The number of amides is 1. The molecule has 0 spiro atoms. The van der Waals surface area contributed by atoms with E-state index < -0.39 is 51.4 Å². The Kier molecular flexibility index (Phi) is 5.04. The fraction of sp³-hybridized carbons (Fsp3) is 0. The molecule has 0 radical (unpaired) electrons. The summed E-state index contributed by atoms with van der Waals surface area (Å²) in [6.07, 6.45) is 0. The number of aromatic nitrogens is 1. The van der Waals surface area contributed by atoms with Crippen LogP contribution in [0.5, 0.6) is 0 Å². The molecule has 12 heteroatoms. The second kappa shape index (κ2) is 7.72. The third-order valence-electron chi connectivity index (χ3n) is 4.41. The molecule has 3 aromatic carbocycles. The number of benzene rings is 3. The van der Waals surface area contributed by atoms with Gasteiger partial charge in [0.1, 0.15) is 11.1 Å². The van der Waals surface area contributed by atoms with E-state index in [2.05, 4.69) is 10.3 Å². The summed E-state index contributed by atoms with van der Waals surface area (Å²) >= 11 is 0. The summed E-state index contributed by atoms with van der Waals surface area (Å²) in [5.74, 6) is -12.3. The van der Waals surface area contributed by atoms with Gasteiger partial charge in [0.25, 0.3) is 11.6 Å². The highest BCUT2D eigenvalue weighted by atomic mass is 19.2. The Morgan fingerprint density at radius 1 is 0.906 bits per heavy atom. The molecule has 1 N–H and O–H groups in total. The van der Waals surface area contributed by atoms with Crippen LogP contribution in [0.2, 0.25) is 0 Å². The van der Waals surface area contributed by atoms with Crippen molar-refractivity contribution < 1.29 is 36.1 Å². The molecule has 162 valence electrons. The minimum Gasteiger partial charge on any atom is -0.436 e. The third kappa shape index (κ3) is 3.51. The zero-order chi connectivity index (χ0) is 23.2. The van der Waals surface area contributed by atoms with Crippen LogP contribution in [0.4, 0.5) is 33.3 Å². The lowest BCUT2D eigenvalue weighted by Crippen LogP contribution is -2.11. The number of fused-ring (bicyclic) bond motifs is 1. The van der Waals surface area contributed by atoms with Gasteiger partial charge in [0.2, 0.25) is 11.7 Å². The summed E-state index contributed by atoms with van der Waals surface area (Å²) in [6, 6.07) is 8.63. The Balaban J connectivity index is 1.66. The number of anilines is 1. The molecule has 0 atom stereocenters. The van der Waals surface area contributed by atoms with Crippen LogP contribution < -0.4 is 5.32 Å². The average molecular weight is 449 g/mol. The van der Waals surface area contributed by atoms with Gasteiger partial charge in [0, 0.05) is 23.4 Å². The van der Waals surface area contributed by atoms with Crippen LogP contribution in [0, 0.1) is 39.2 Å². The largest absolute Gasteiger partial charge is 0.436 e. The smallest absolute Gasteiger partial charge is 0.269 e. The lowest BCUT2D eigenvalue weighted by atomic mass is 10.1. The van der Waals surface area contributed by atoms with Crippen LogP contribution >= 0.6 is 0 Å². The van der Waals surface area contributed by atoms with Crippen LogP contribution in [0.1, 0.15) is 10.4 Å². The minimum atomic E-state index is -2.31. The monoisotopic (exact) mass is 449 g/mol. The van der Waals surface area contributed by atoms with E-state index in [1.165, 1.54) is 30.3 Å². The Bertz CT molecular complexity index is 1370. The van der Waals surface area contributed by atoms with Gasteiger partial charge in [-0.05, 0) is 30.3 Å². The number of rotatable bonds is 4. The topological polar surface area (TPSA) is 98.3 Å². The molecular formula is C20H8F5N3O4. The van der Waals surface area contributed by atoms with E-state index in [0.29, 0.717) is 0 Å². The first-order valence-corrected chi connectivity index (χ1v) is 8.65. The van der Waals surface area contributed by atoms with Gasteiger partial charge in [-0.2, -0.15) is 0 Å². The molecule has 0 aliphatic carbocycles. The van der Waals surface area contributed by atoms with Gasteiger partial charge in [-0.25, -0.2) is 26.9 Å². The van der Waals surface area contributed by atoms with Crippen molar-refractivity contribution in [3.63, 3.8) is 0 Å². The van der Waals surface area contributed by atoms with Gasteiger partial charge in [0.05, 0.1) is 4.92 Å². The maximum Gasteiger partial charge on any atom is 0.269 e. The molecule has 4 rings (SSSR count). The van der Waals surface area contributed by atoms with Gasteiger partial charge in [-0.3, -0.25) is 14.9 Å². The van der Waals surface area contributed by atoms with Crippen molar-refractivity contribution >= 4 is 28.4 Å². The van der Waals surface area contributed by atoms with E-state index in [4.69, 9.17) is 4.42 Å². The molecule has 4 aromatic rings. The number of hydrogen-bond acceptors (Lipinski definition) is 5. The predicted molar refractivity (Wildman–Crippen MR) is 100 cm³/mol. The molecule has 32 heavy (non-hydrogen) atoms. The van der Waals surface area contributed by atoms with E-state index in [1.807, 2.05) is 0 Å². The fourth-order valence-electron chi connectivity index (χ4n) is 2.84. The fourth-order valence-corrected chi connectivity index (χ4v) is 2.84. The number of nitrogens with zero attached hydrogens (tertiary/aromatic N) is 2. The summed E-state index contributed by atoms with van der Waals surface area (Å²) < 4.78 is 73.3. The number of oxazole rings is 1. The van der Waals surface area contributed by atoms with E-state index in [0.717, 1.165) is 12.1 Å². The van der Waals surface area contributed by atoms with Crippen molar-refractivity contribution in [2.24, 2.45) is 0 Å². The second-order valence-electron chi connectivity index (χ2n) is 6.40. The number of nitro groups is 1. The maximum absolute atomic E-state index is 14.0. The van der Waals surface area contributed by atoms with E-state index in [-0.39, 0.29) is 28.0 Å². The average Bonchev–Trinajstić information content (AvgIpc) is 3.19. The number of nitrogens with one attached hydrogen (secondary N) is 1. The second-order valence-corrected chi connectivity index (χ2v) is 6.40. The Morgan fingerprint density at radius 3 is 2.09 bits per heavy atom. The maximum atomic E-state index is 14.0. The van der Waals surface area contributed by atoms with Crippen molar-refractivity contribution in [3.05, 3.63) is 87.2 Å². The lowest BCUT2D eigenvalue weighted by molar-refractivity contribution is -0.384. The number of non-ortho nitro benzene ring substituents is 1. The number of hydrogen-bond donors (Lipinski definition) is 1. The molecule has 7 nitrogen and oxygen atoms in total. The van der Waals surface area contributed by atoms with Gasteiger partial charge < -0.3 is 9.73 Å². The van der Waals surface area contributed by atoms with E-state index in [1.54, 1.807) is 0 Å².